The Hall–Kier alpha value is -1.46. The lowest BCUT2D eigenvalue weighted by Crippen LogP contribution is -2.17. The maximum Gasteiger partial charge on any atom is 0.180 e. The number of rotatable bonds is 12. The first-order valence-corrected chi connectivity index (χ1v) is 10.4. The van der Waals surface area contributed by atoms with Gasteiger partial charge in [0.1, 0.15) is 6.61 Å². The fourth-order valence-electron chi connectivity index (χ4n) is 2.61. The third kappa shape index (κ3) is 7.88. The molecule has 0 bridgehead atoms. The predicted molar refractivity (Wildman–Crippen MR) is 116 cm³/mol. The number of halogens is 2. The van der Waals surface area contributed by atoms with Crippen LogP contribution < -0.4 is 14.8 Å². The van der Waals surface area contributed by atoms with Crippen LogP contribution >= 0.6 is 23.2 Å². The van der Waals surface area contributed by atoms with Crippen LogP contribution in [0.25, 0.3) is 0 Å². The minimum Gasteiger partial charge on any atom is -0.490 e. The Morgan fingerprint density at radius 1 is 1.00 bits per heavy atom. The first-order chi connectivity index (χ1) is 13.5. The maximum absolute atomic E-state index is 6.49. The summed E-state index contributed by atoms with van der Waals surface area (Å²) in [7, 11) is 0. The molecule has 28 heavy (non-hydrogen) atoms. The average molecular weight is 426 g/mol. The highest BCUT2D eigenvalue weighted by molar-refractivity contribution is 6.32. The van der Waals surface area contributed by atoms with E-state index in [1.807, 2.05) is 57.2 Å². The molecule has 0 spiro atoms. The van der Waals surface area contributed by atoms with Crippen molar-refractivity contribution < 1.29 is 14.2 Å². The predicted octanol–water partition coefficient (Wildman–Crippen LogP) is 5.88. The second kappa shape index (κ2) is 12.2. The zero-order valence-electron chi connectivity index (χ0n) is 16.8. The van der Waals surface area contributed by atoms with E-state index >= 15 is 0 Å². The zero-order chi connectivity index (χ0) is 20.4. The van der Waals surface area contributed by atoms with Crippen molar-refractivity contribution in [3.8, 4) is 11.5 Å². The van der Waals surface area contributed by atoms with Crippen LogP contribution in [0.4, 0.5) is 0 Å². The smallest absolute Gasteiger partial charge is 0.180 e. The largest absolute Gasteiger partial charge is 0.490 e. The summed E-state index contributed by atoms with van der Waals surface area (Å²) in [4.78, 5) is 0. The second-order valence-electron chi connectivity index (χ2n) is 6.70. The van der Waals surface area contributed by atoms with Crippen molar-refractivity contribution in [1.29, 1.82) is 0 Å². The normalized spacial score (nSPS) is 11.1. The number of nitrogens with one attached hydrogen (secondary N) is 1. The zero-order valence-corrected chi connectivity index (χ0v) is 18.3. The molecule has 2 aromatic carbocycles. The van der Waals surface area contributed by atoms with E-state index in [1.165, 1.54) is 0 Å². The average Bonchev–Trinajstić information content (AvgIpc) is 2.65. The van der Waals surface area contributed by atoms with Crippen LogP contribution in [0.5, 0.6) is 11.5 Å². The monoisotopic (exact) mass is 425 g/mol. The van der Waals surface area contributed by atoms with Crippen LogP contribution in [0, 0.1) is 0 Å². The summed E-state index contributed by atoms with van der Waals surface area (Å²) in [6, 6.07) is 11.4. The van der Waals surface area contributed by atoms with Gasteiger partial charge in [0.05, 0.1) is 17.7 Å². The lowest BCUT2D eigenvalue weighted by molar-refractivity contribution is 0.0770. The van der Waals surface area contributed by atoms with Gasteiger partial charge < -0.3 is 19.5 Å². The third-order valence-electron chi connectivity index (χ3n) is 3.94. The van der Waals surface area contributed by atoms with Gasteiger partial charge in [0.25, 0.3) is 0 Å². The lowest BCUT2D eigenvalue weighted by atomic mass is 10.2. The molecule has 0 aromatic heterocycles. The van der Waals surface area contributed by atoms with E-state index < -0.39 is 0 Å². The van der Waals surface area contributed by atoms with Gasteiger partial charge in [-0.05, 0) is 69.1 Å². The minimum absolute atomic E-state index is 0.271. The van der Waals surface area contributed by atoms with Gasteiger partial charge >= 0.3 is 0 Å². The molecule has 6 heteroatoms. The number of hydrogen-bond acceptors (Lipinski definition) is 4. The van der Waals surface area contributed by atoms with E-state index in [0.717, 1.165) is 30.7 Å². The molecule has 0 heterocycles. The van der Waals surface area contributed by atoms with Crippen molar-refractivity contribution in [3.05, 3.63) is 57.6 Å². The standard InChI is InChI=1S/C22H29Cl2NO3/c1-4-26-21-13-18(14-25-10-5-11-27-16(2)3)12-20(24)22(21)28-15-17-6-8-19(23)9-7-17/h6-9,12-13,16,25H,4-5,10-11,14-15H2,1-3H3. The van der Waals surface area contributed by atoms with Crippen LogP contribution in [0.15, 0.2) is 36.4 Å². The number of hydrogen-bond donors (Lipinski definition) is 1. The molecule has 0 saturated carbocycles. The van der Waals surface area contributed by atoms with Crippen LogP contribution in [-0.2, 0) is 17.9 Å². The van der Waals surface area contributed by atoms with Gasteiger partial charge in [-0.15, -0.1) is 0 Å². The SMILES string of the molecule is CCOc1cc(CNCCCOC(C)C)cc(Cl)c1OCc1ccc(Cl)cc1. The number of benzene rings is 2. The van der Waals surface area contributed by atoms with Crippen molar-refractivity contribution in [1.82, 2.24) is 5.32 Å². The van der Waals surface area contributed by atoms with Gasteiger partial charge in [0.2, 0.25) is 0 Å². The second-order valence-corrected chi connectivity index (χ2v) is 7.55. The quantitative estimate of drug-likeness (QED) is 0.431. The third-order valence-corrected chi connectivity index (χ3v) is 4.48. The van der Waals surface area contributed by atoms with E-state index in [2.05, 4.69) is 5.32 Å². The van der Waals surface area contributed by atoms with E-state index in [4.69, 9.17) is 37.4 Å². The van der Waals surface area contributed by atoms with E-state index in [1.54, 1.807) is 0 Å². The molecular weight excluding hydrogens is 397 g/mol. The van der Waals surface area contributed by atoms with Gasteiger partial charge in [-0.2, -0.15) is 0 Å². The summed E-state index contributed by atoms with van der Waals surface area (Å²) in [5.41, 5.74) is 2.06. The molecule has 1 N–H and O–H groups in total. The van der Waals surface area contributed by atoms with Crippen LogP contribution in [0.3, 0.4) is 0 Å². The van der Waals surface area contributed by atoms with Gasteiger partial charge in [0, 0.05) is 18.2 Å². The Labute approximate surface area is 178 Å². The van der Waals surface area contributed by atoms with Gasteiger partial charge in [-0.25, -0.2) is 0 Å². The Morgan fingerprint density at radius 2 is 1.75 bits per heavy atom. The first-order valence-electron chi connectivity index (χ1n) is 9.64. The highest BCUT2D eigenvalue weighted by atomic mass is 35.5. The molecule has 0 aliphatic rings. The van der Waals surface area contributed by atoms with Crippen molar-refractivity contribution in [2.75, 3.05) is 19.8 Å². The summed E-state index contributed by atoms with van der Waals surface area (Å²) in [5, 5.41) is 4.65. The van der Waals surface area contributed by atoms with Gasteiger partial charge in [0.15, 0.2) is 11.5 Å². The van der Waals surface area contributed by atoms with E-state index in [0.29, 0.717) is 41.3 Å². The molecule has 0 atom stereocenters. The summed E-state index contributed by atoms with van der Waals surface area (Å²) in [6.45, 7) is 9.30. The summed E-state index contributed by atoms with van der Waals surface area (Å²) in [5.74, 6) is 1.22. The van der Waals surface area contributed by atoms with E-state index in [9.17, 15) is 0 Å². The Bertz CT molecular complexity index is 720. The lowest BCUT2D eigenvalue weighted by Gasteiger charge is -2.16. The first kappa shape index (κ1) is 22.8. The molecule has 0 radical (unpaired) electrons. The Morgan fingerprint density at radius 3 is 2.43 bits per heavy atom. The fraction of sp³-hybridized carbons (Fsp3) is 0.455. The highest BCUT2D eigenvalue weighted by Gasteiger charge is 2.13. The van der Waals surface area contributed by atoms with E-state index in [-0.39, 0.29) is 6.10 Å². The van der Waals surface area contributed by atoms with Gasteiger partial charge in [-0.3, -0.25) is 0 Å². The van der Waals surface area contributed by atoms with Gasteiger partial charge in [-0.1, -0.05) is 35.3 Å². The topological polar surface area (TPSA) is 39.7 Å². The van der Waals surface area contributed by atoms with Crippen molar-refractivity contribution in [2.45, 2.75) is 46.4 Å². The molecule has 0 aliphatic carbocycles. The van der Waals surface area contributed by atoms with Crippen molar-refractivity contribution >= 4 is 23.2 Å². The maximum atomic E-state index is 6.49. The molecule has 0 amide bonds. The fourth-order valence-corrected chi connectivity index (χ4v) is 3.03. The molecular formula is C22H29Cl2NO3. The summed E-state index contributed by atoms with van der Waals surface area (Å²) >= 11 is 12.4. The number of ether oxygens (including phenoxy) is 3. The summed E-state index contributed by atoms with van der Waals surface area (Å²) in [6.07, 6.45) is 1.24. The van der Waals surface area contributed by atoms with Crippen molar-refractivity contribution in [3.63, 3.8) is 0 Å². The molecule has 0 fully saturated rings. The Kier molecular flexibility index (Phi) is 9.93. The van der Waals surface area contributed by atoms with Crippen LogP contribution in [-0.4, -0.2) is 25.9 Å². The van der Waals surface area contributed by atoms with Crippen molar-refractivity contribution in [2.24, 2.45) is 0 Å². The van der Waals surface area contributed by atoms with Crippen LogP contribution in [0.2, 0.25) is 10.0 Å². The molecule has 0 aliphatic heterocycles. The van der Waals surface area contributed by atoms with Crippen LogP contribution in [0.1, 0.15) is 38.3 Å². The molecule has 154 valence electrons. The molecule has 4 nitrogen and oxygen atoms in total. The molecule has 0 saturated heterocycles. The molecule has 2 aromatic rings. The summed E-state index contributed by atoms with van der Waals surface area (Å²) < 4.78 is 17.2. The Balaban J connectivity index is 1.95. The molecule has 0 unspecified atom stereocenters. The highest BCUT2D eigenvalue weighted by Crippen LogP contribution is 2.37. The molecule has 2 rings (SSSR count). The minimum atomic E-state index is 0.271.